The summed E-state index contributed by atoms with van der Waals surface area (Å²) in [5, 5.41) is 11.8. The van der Waals surface area contributed by atoms with Gasteiger partial charge in [0, 0.05) is 11.2 Å². The smallest absolute Gasteiger partial charge is 0.396 e. The predicted molar refractivity (Wildman–Crippen MR) is 84.4 cm³/mol. The van der Waals surface area contributed by atoms with Crippen LogP contribution in [0.15, 0.2) is 47.4 Å². The molecule has 1 aromatic carbocycles. The van der Waals surface area contributed by atoms with E-state index in [1.54, 1.807) is 43.3 Å². The Hall–Kier alpha value is -2.93. The Morgan fingerprint density at radius 3 is 2.78 bits per heavy atom. The first-order chi connectivity index (χ1) is 11.0. The average Bonchev–Trinajstić information content (AvgIpc) is 2.50. The first kappa shape index (κ1) is 15.0. The SMILES string of the molecule is Cc1cc(Cl)ccc1Oc1nc2ccccn2c(=O)c1[N+](=O)[O-]. The van der Waals surface area contributed by atoms with E-state index >= 15 is 0 Å². The van der Waals surface area contributed by atoms with Crippen molar-refractivity contribution in [1.82, 2.24) is 9.38 Å². The van der Waals surface area contributed by atoms with Crippen molar-refractivity contribution in [3.05, 3.63) is 73.6 Å². The number of pyridine rings is 1. The van der Waals surface area contributed by atoms with E-state index in [-0.39, 0.29) is 11.5 Å². The summed E-state index contributed by atoms with van der Waals surface area (Å²) in [5.74, 6) is -0.0127. The van der Waals surface area contributed by atoms with Gasteiger partial charge in [0.2, 0.25) is 0 Å². The average molecular weight is 332 g/mol. The van der Waals surface area contributed by atoms with Gasteiger partial charge in [-0.2, -0.15) is 4.98 Å². The molecule has 116 valence electrons. The molecule has 2 heterocycles. The first-order valence-electron chi connectivity index (χ1n) is 6.57. The van der Waals surface area contributed by atoms with Crippen LogP contribution in [-0.2, 0) is 0 Å². The second kappa shape index (κ2) is 5.69. The predicted octanol–water partition coefficient (Wildman–Crippen LogP) is 3.36. The quantitative estimate of drug-likeness (QED) is 0.542. The fraction of sp³-hybridized carbons (Fsp3) is 0.0667. The summed E-state index contributed by atoms with van der Waals surface area (Å²) >= 11 is 5.87. The van der Waals surface area contributed by atoms with Gasteiger partial charge in [0.25, 0.3) is 0 Å². The number of aryl methyl sites for hydroxylation is 1. The fourth-order valence-corrected chi connectivity index (χ4v) is 2.34. The van der Waals surface area contributed by atoms with Crippen molar-refractivity contribution in [3.8, 4) is 11.6 Å². The summed E-state index contributed by atoms with van der Waals surface area (Å²) in [6, 6.07) is 9.62. The number of nitro groups is 1. The van der Waals surface area contributed by atoms with Crippen LogP contribution in [0.2, 0.25) is 5.02 Å². The summed E-state index contributed by atoms with van der Waals surface area (Å²) in [7, 11) is 0. The lowest BCUT2D eigenvalue weighted by atomic mass is 10.2. The van der Waals surface area contributed by atoms with E-state index in [0.29, 0.717) is 16.3 Å². The third-order valence-corrected chi connectivity index (χ3v) is 3.44. The molecular weight excluding hydrogens is 322 g/mol. The van der Waals surface area contributed by atoms with Gasteiger partial charge in [-0.1, -0.05) is 17.7 Å². The summed E-state index contributed by atoms with van der Waals surface area (Å²) in [6.07, 6.45) is 1.41. The van der Waals surface area contributed by atoms with Crippen LogP contribution in [0.1, 0.15) is 5.56 Å². The van der Waals surface area contributed by atoms with E-state index in [4.69, 9.17) is 16.3 Å². The van der Waals surface area contributed by atoms with Gasteiger partial charge in [0.15, 0.2) is 0 Å². The zero-order valence-corrected chi connectivity index (χ0v) is 12.6. The maximum absolute atomic E-state index is 12.3. The molecule has 0 aliphatic carbocycles. The molecule has 0 amide bonds. The lowest BCUT2D eigenvalue weighted by Gasteiger charge is -2.09. The lowest BCUT2D eigenvalue weighted by Crippen LogP contribution is -2.19. The van der Waals surface area contributed by atoms with Crippen LogP contribution in [0.3, 0.4) is 0 Å². The van der Waals surface area contributed by atoms with E-state index in [1.165, 1.54) is 6.20 Å². The summed E-state index contributed by atoms with van der Waals surface area (Å²) in [6.45, 7) is 1.74. The molecule has 23 heavy (non-hydrogen) atoms. The van der Waals surface area contributed by atoms with Gasteiger partial charge in [-0.15, -0.1) is 0 Å². The van der Waals surface area contributed by atoms with Crippen molar-refractivity contribution in [3.63, 3.8) is 0 Å². The van der Waals surface area contributed by atoms with Crippen LogP contribution in [0.25, 0.3) is 5.65 Å². The Bertz CT molecular complexity index is 984. The molecule has 0 atom stereocenters. The van der Waals surface area contributed by atoms with Crippen molar-refractivity contribution in [2.45, 2.75) is 6.92 Å². The van der Waals surface area contributed by atoms with E-state index in [2.05, 4.69) is 4.98 Å². The molecular formula is C15H10ClN3O4. The molecule has 8 heteroatoms. The number of ether oxygens (including phenoxy) is 1. The third kappa shape index (κ3) is 2.74. The highest BCUT2D eigenvalue weighted by molar-refractivity contribution is 6.30. The van der Waals surface area contributed by atoms with Crippen LogP contribution in [0, 0.1) is 17.0 Å². The Morgan fingerprint density at radius 2 is 2.09 bits per heavy atom. The van der Waals surface area contributed by atoms with Gasteiger partial charge >= 0.3 is 17.1 Å². The molecule has 7 nitrogen and oxygen atoms in total. The molecule has 0 saturated heterocycles. The fourth-order valence-electron chi connectivity index (χ4n) is 2.12. The molecule has 0 N–H and O–H groups in total. The van der Waals surface area contributed by atoms with Crippen molar-refractivity contribution < 1.29 is 9.66 Å². The topological polar surface area (TPSA) is 86.7 Å². The number of hydrogen-bond donors (Lipinski definition) is 0. The van der Waals surface area contributed by atoms with Crippen molar-refractivity contribution in [2.24, 2.45) is 0 Å². The highest BCUT2D eigenvalue weighted by Gasteiger charge is 2.25. The second-order valence-electron chi connectivity index (χ2n) is 4.77. The summed E-state index contributed by atoms with van der Waals surface area (Å²) in [5.41, 5.74) is -0.600. The van der Waals surface area contributed by atoms with E-state index in [9.17, 15) is 14.9 Å². The minimum absolute atomic E-state index is 0.254. The standard InChI is InChI=1S/C15H10ClN3O4/c1-9-8-10(16)5-6-11(9)23-14-13(19(21)22)15(20)18-7-3-2-4-12(18)17-14/h2-8H,1H3. The summed E-state index contributed by atoms with van der Waals surface area (Å²) < 4.78 is 6.62. The molecule has 0 fully saturated rings. The number of benzene rings is 1. The Kier molecular flexibility index (Phi) is 3.71. The molecule has 0 radical (unpaired) electrons. The number of nitrogens with zero attached hydrogens (tertiary/aromatic N) is 3. The van der Waals surface area contributed by atoms with E-state index in [0.717, 1.165) is 4.40 Å². The zero-order chi connectivity index (χ0) is 16.6. The Labute approximate surface area is 134 Å². The number of hydrogen-bond acceptors (Lipinski definition) is 5. The van der Waals surface area contributed by atoms with Gasteiger partial charge in [-0.3, -0.25) is 19.3 Å². The normalized spacial score (nSPS) is 10.7. The monoisotopic (exact) mass is 331 g/mol. The molecule has 0 saturated carbocycles. The molecule has 0 bridgehead atoms. The minimum Gasteiger partial charge on any atom is -0.433 e. The van der Waals surface area contributed by atoms with E-state index in [1.807, 2.05) is 0 Å². The molecule has 0 spiro atoms. The zero-order valence-electron chi connectivity index (χ0n) is 11.9. The molecule has 0 unspecified atom stereocenters. The van der Waals surface area contributed by atoms with Gasteiger partial charge in [-0.25, -0.2) is 0 Å². The second-order valence-corrected chi connectivity index (χ2v) is 5.20. The molecule has 0 aliphatic rings. The number of halogens is 1. The third-order valence-electron chi connectivity index (χ3n) is 3.20. The molecule has 0 aliphatic heterocycles. The van der Waals surface area contributed by atoms with Crippen LogP contribution < -0.4 is 10.3 Å². The maximum atomic E-state index is 12.3. The number of rotatable bonds is 3. The van der Waals surface area contributed by atoms with Gasteiger partial charge in [0.1, 0.15) is 11.4 Å². The molecule has 2 aromatic heterocycles. The van der Waals surface area contributed by atoms with Crippen LogP contribution in [0.4, 0.5) is 5.69 Å². The number of aromatic nitrogens is 2. The van der Waals surface area contributed by atoms with Crippen LogP contribution >= 0.6 is 11.6 Å². The van der Waals surface area contributed by atoms with E-state index < -0.39 is 16.2 Å². The molecule has 3 rings (SSSR count). The largest absolute Gasteiger partial charge is 0.433 e. The summed E-state index contributed by atoms with van der Waals surface area (Å²) in [4.78, 5) is 26.9. The van der Waals surface area contributed by atoms with Gasteiger partial charge < -0.3 is 4.74 Å². The first-order valence-corrected chi connectivity index (χ1v) is 6.95. The Balaban J connectivity index is 2.21. The number of fused-ring (bicyclic) bond motifs is 1. The Morgan fingerprint density at radius 1 is 1.30 bits per heavy atom. The minimum atomic E-state index is -0.804. The van der Waals surface area contributed by atoms with Crippen LogP contribution in [0.5, 0.6) is 11.6 Å². The van der Waals surface area contributed by atoms with Crippen molar-refractivity contribution in [2.75, 3.05) is 0 Å². The lowest BCUT2D eigenvalue weighted by molar-refractivity contribution is -0.387. The molecule has 3 aromatic rings. The van der Waals surface area contributed by atoms with Crippen molar-refractivity contribution in [1.29, 1.82) is 0 Å². The van der Waals surface area contributed by atoms with Gasteiger partial charge in [0.05, 0.1) is 4.92 Å². The van der Waals surface area contributed by atoms with Crippen molar-refractivity contribution >= 4 is 22.9 Å². The van der Waals surface area contributed by atoms with Crippen LogP contribution in [-0.4, -0.2) is 14.3 Å². The maximum Gasteiger partial charge on any atom is 0.396 e. The van der Waals surface area contributed by atoms with Gasteiger partial charge in [-0.05, 0) is 42.8 Å². The highest BCUT2D eigenvalue weighted by Crippen LogP contribution is 2.30. The highest BCUT2D eigenvalue weighted by atomic mass is 35.5.